The largest absolute Gasteiger partial charge is 0.495 e. The summed E-state index contributed by atoms with van der Waals surface area (Å²) in [7, 11) is 1.55. The van der Waals surface area contributed by atoms with Crippen molar-refractivity contribution in [3.63, 3.8) is 0 Å². The lowest BCUT2D eigenvalue weighted by atomic mass is 10.0. The molecule has 0 saturated carbocycles. The second-order valence-corrected chi connectivity index (χ2v) is 4.89. The molecule has 0 fully saturated rings. The SMILES string of the molecule is COc1c(C(C)=O)cc(N)c2nc(C(C)C)ccc12. The Morgan fingerprint density at radius 2 is 2.05 bits per heavy atom. The maximum absolute atomic E-state index is 11.6. The van der Waals surface area contributed by atoms with Crippen molar-refractivity contribution in [1.82, 2.24) is 4.98 Å². The predicted octanol–water partition coefficient (Wildman–Crippen LogP) is 3.15. The van der Waals surface area contributed by atoms with Gasteiger partial charge >= 0.3 is 0 Å². The zero-order valence-corrected chi connectivity index (χ0v) is 11.7. The lowest BCUT2D eigenvalue weighted by Crippen LogP contribution is -2.03. The number of hydrogen-bond acceptors (Lipinski definition) is 4. The molecule has 0 aliphatic rings. The standard InChI is InChI=1S/C15H18N2O2/c1-8(2)13-6-5-10-14(17-13)12(16)7-11(9(3)18)15(10)19-4/h5-8H,16H2,1-4H3. The molecule has 0 aliphatic carbocycles. The van der Waals surface area contributed by atoms with E-state index in [1.54, 1.807) is 13.2 Å². The Bertz CT molecular complexity index is 648. The van der Waals surface area contributed by atoms with Gasteiger partial charge in [-0.3, -0.25) is 9.78 Å². The number of hydrogen-bond donors (Lipinski definition) is 1. The Labute approximate surface area is 112 Å². The van der Waals surface area contributed by atoms with Crippen LogP contribution in [0.25, 0.3) is 10.9 Å². The van der Waals surface area contributed by atoms with Gasteiger partial charge < -0.3 is 10.5 Å². The zero-order chi connectivity index (χ0) is 14.2. The van der Waals surface area contributed by atoms with E-state index < -0.39 is 0 Å². The molecular formula is C15H18N2O2. The van der Waals surface area contributed by atoms with Crippen LogP contribution in [0.5, 0.6) is 5.75 Å². The smallest absolute Gasteiger partial charge is 0.163 e. The van der Waals surface area contributed by atoms with Crippen molar-refractivity contribution in [1.29, 1.82) is 0 Å². The number of carbonyl (C=O) groups is 1. The molecule has 4 nitrogen and oxygen atoms in total. The fraction of sp³-hybridized carbons (Fsp3) is 0.333. The number of benzene rings is 1. The Morgan fingerprint density at radius 1 is 1.37 bits per heavy atom. The van der Waals surface area contributed by atoms with Crippen molar-refractivity contribution in [3.05, 3.63) is 29.5 Å². The maximum atomic E-state index is 11.6. The summed E-state index contributed by atoms with van der Waals surface area (Å²) in [6, 6.07) is 5.50. The lowest BCUT2D eigenvalue weighted by Gasteiger charge is -2.13. The molecule has 2 aromatic rings. The number of methoxy groups -OCH3 is 1. The minimum atomic E-state index is -0.0709. The van der Waals surface area contributed by atoms with Crippen molar-refractivity contribution in [3.8, 4) is 5.75 Å². The van der Waals surface area contributed by atoms with Crippen LogP contribution in [0.3, 0.4) is 0 Å². The van der Waals surface area contributed by atoms with E-state index in [1.165, 1.54) is 6.92 Å². The minimum absolute atomic E-state index is 0.0709. The van der Waals surface area contributed by atoms with Crippen molar-refractivity contribution in [2.24, 2.45) is 0 Å². The molecule has 1 aromatic carbocycles. The average molecular weight is 258 g/mol. The molecule has 19 heavy (non-hydrogen) atoms. The maximum Gasteiger partial charge on any atom is 0.163 e. The van der Waals surface area contributed by atoms with E-state index in [0.717, 1.165) is 11.1 Å². The number of nitrogen functional groups attached to an aromatic ring is 1. The highest BCUT2D eigenvalue weighted by Crippen LogP contribution is 2.34. The van der Waals surface area contributed by atoms with E-state index >= 15 is 0 Å². The van der Waals surface area contributed by atoms with E-state index in [2.05, 4.69) is 18.8 Å². The fourth-order valence-corrected chi connectivity index (χ4v) is 2.11. The number of anilines is 1. The van der Waals surface area contributed by atoms with Crippen LogP contribution >= 0.6 is 0 Å². The van der Waals surface area contributed by atoms with Gasteiger partial charge in [0.1, 0.15) is 5.75 Å². The molecule has 100 valence electrons. The molecule has 0 bridgehead atoms. The van der Waals surface area contributed by atoms with Gasteiger partial charge in [0.15, 0.2) is 5.78 Å². The monoisotopic (exact) mass is 258 g/mol. The Kier molecular flexibility index (Phi) is 3.42. The van der Waals surface area contributed by atoms with E-state index in [4.69, 9.17) is 10.5 Å². The number of pyridine rings is 1. The summed E-state index contributed by atoms with van der Waals surface area (Å²) in [5.41, 5.74) is 8.67. The molecule has 0 spiro atoms. The molecule has 0 amide bonds. The Morgan fingerprint density at radius 3 is 2.58 bits per heavy atom. The normalized spacial score (nSPS) is 11.0. The first-order chi connectivity index (χ1) is 8.95. The number of ether oxygens (including phenoxy) is 1. The Balaban J connectivity index is 2.82. The van der Waals surface area contributed by atoms with Crippen LogP contribution in [-0.2, 0) is 0 Å². The summed E-state index contributed by atoms with van der Waals surface area (Å²) < 4.78 is 5.36. The molecular weight excluding hydrogens is 240 g/mol. The Hall–Kier alpha value is -2.10. The second kappa shape index (κ2) is 4.88. The van der Waals surface area contributed by atoms with Gasteiger partial charge in [0.25, 0.3) is 0 Å². The molecule has 1 aromatic heterocycles. The lowest BCUT2D eigenvalue weighted by molar-refractivity contribution is 0.101. The van der Waals surface area contributed by atoms with Gasteiger partial charge in [-0.05, 0) is 31.0 Å². The van der Waals surface area contributed by atoms with Crippen LogP contribution in [0.4, 0.5) is 5.69 Å². The third-order valence-electron chi connectivity index (χ3n) is 3.15. The van der Waals surface area contributed by atoms with E-state index in [-0.39, 0.29) is 5.78 Å². The highest BCUT2D eigenvalue weighted by Gasteiger charge is 2.16. The van der Waals surface area contributed by atoms with E-state index in [9.17, 15) is 4.79 Å². The average Bonchev–Trinajstić information content (AvgIpc) is 2.37. The van der Waals surface area contributed by atoms with Gasteiger partial charge in [-0.2, -0.15) is 0 Å². The molecule has 1 heterocycles. The van der Waals surface area contributed by atoms with E-state index in [1.807, 2.05) is 12.1 Å². The second-order valence-electron chi connectivity index (χ2n) is 4.89. The predicted molar refractivity (Wildman–Crippen MR) is 76.8 cm³/mol. The quantitative estimate of drug-likeness (QED) is 0.678. The highest BCUT2D eigenvalue weighted by atomic mass is 16.5. The molecule has 0 aliphatic heterocycles. The number of carbonyl (C=O) groups excluding carboxylic acids is 1. The number of nitrogens with zero attached hydrogens (tertiary/aromatic N) is 1. The van der Waals surface area contributed by atoms with E-state index in [0.29, 0.717) is 28.4 Å². The van der Waals surface area contributed by atoms with Crippen molar-refractivity contribution < 1.29 is 9.53 Å². The fourth-order valence-electron chi connectivity index (χ4n) is 2.11. The first-order valence-corrected chi connectivity index (χ1v) is 6.23. The van der Waals surface area contributed by atoms with Crippen LogP contribution in [0.15, 0.2) is 18.2 Å². The van der Waals surface area contributed by atoms with Gasteiger partial charge in [0.05, 0.1) is 23.9 Å². The number of rotatable bonds is 3. The zero-order valence-electron chi connectivity index (χ0n) is 11.7. The summed E-state index contributed by atoms with van der Waals surface area (Å²) in [5.74, 6) is 0.792. The van der Waals surface area contributed by atoms with Gasteiger partial charge in [-0.1, -0.05) is 13.8 Å². The number of nitrogens with two attached hydrogens (primary N) is 1. The van der Waals surface area contributed by atoms with Crippen LogP contribution in [0, 0.1) is 0 Å². The van der Waals surface area contributed by atoms with Crippen LogP contribution < -0.4 is 10.5 Å². The molecule has 0 atom stereocenters. The third kappa shape index (κ3) is 2.26. The van der Waals surface area contributed by atoms with Gasteiger partial charge in [0, 0.05) is 11.1 Å². The van der Waals surface area contributed by atoms with Gasteiger partial charge in [-0.25, -0.2) is 0 Å². The van der Waals surface area contributed by atoms with Crippen LogP contribution in [0.1, 0.15) is 42.7 Å². The van der Waals surface area contributed by atoms with Crippen molar-refractivity contribution in [2.45, 2.75) is 26.7 Å². The topological polar surface area (TPSA) is 65.2 Å². The number of Topliss-reactive ketones (excluding diaryl/α,β-unsaturated/α-hetero) is 1. The molecule has 4 heteroatoms. The number of fused-ring (bicyclic) bond motifs is 1. The summed E-state index contributed by atoms with van der Waals surface area (Å²) in [4.78, 5) is 16.2. The molecule has 0 unspecified atom stereocenters. The first kappa shape index (κ1) is 13.3. The number of aromatic nitrogens is 1. The highest BCUT2D eigenvalue weighted by molar-refractivity contribution is 6.06. The summed E-state index contributed by atoms with van der Waals surface area (Å²) >= 11 is 0. The molecule has 0 radical (unpaired) electrons. The van der Waals surface area contributed by atoms with Crippen molar-refractivity contribution >= 4 is 22.4 Å². The molecule has 2 rings (SSSR count). The summed E-state index contributed by atoms with van der Waals surface area (Å²) in [6.07, 6.45) is 0. The van der Waals surface area contributed by atoms with Gasteiger partial charge in [-0.15, -0.1) is 0 Å². The number of ketones is 1. The van der Waals surface area contributed by atoms with Crippen molar-refractivity contribution in [2.75, 3.05) is 12.8 Å². The summed E-state index contributed by atoms with van der Waals surface area (Å²) in [6.45, 7) is 5.65. The van der Waals surface area contributed by atoms with Crippen LogP contribution in [-0.4, -0.2) is 17.9 Å². The third-order valence-corrected chi connectivity index (χ3v) is 3.15. The van der Waals surface area contributed by atoms with Crippen LogP contribution in [0.2, 0.25) is 0 Å². The summed E-state index contributed by atoms with van der Waals surface area (Å²) in [5, 5.41) is 0.775. The first-order valence-electron chi connectivity index (χ1n) is 6.23. The molecule has 2 N–H and O–H groups in total. The minimum Gasteiger partial charge on any atom is -0.495 e. The van der Waals surface area contributed by atoms with Gasteiger partial charge in [0.2, 0.25) is 0 Å². The molecule has 0 saturated heterocycles.